The molecule has 5 rings (SSSR count). The summed E-state index contributed by atoms with van der Waals surface area (Å²) in [5.41, 5.74) is 1.65. The van der Waals surface area contributed by atoms with Crippen molar-refractivity contribution in [2.45, 2.75) is 64.3 Å². The van der Waals surface area contributed by atoms with E-state index in [1.165, 1.54) is 11.6 Å². The summed E-state index contributed by atoms with van der Waals surface area (Å²) < 4.78 is 53.0. The smallest absolute Gasteiger partial charge is 0.433 e. The van der Waals surface area contributed by atoms with Crippen molar-refractivity contribution in [3.05, 3.63) is 89.6 Å². The molecule has 0 aliphatic heterocycles. The summed E-state index contributed by atoms with van der Waals surface area (Å²) in [6.07, 6.45) is 2.89. The Morgan fingerprint density at radius 2 is 1.78 bits per heavy atom. The molecule has 1 aliphatic rings. The van der Waals surface area contributed by atoms with Crippen LogP contribution in [0.15, 0.2) is 67.0 Å². The number of imidazole rings is 1. The number of hydrogen-bond donors (Lipinski definition) is 1. The average molecular weight is 567 g/mol. The molecule has 0 saturated heterocycles. The summed E-state index contributed by atoms with van der Waals surface area (Å²) in [6, 6.07) is 15.1. The van der Waals surface area contributed by atoms with Gasteiger partial charge in [0.1, 0.15) is 28.5 Å². The van der Waals surface area contributed by atoms with E-state index >= 15 is 0 Å². The van der Waals surface area contributed by atoms with Crippen LogP contribution in [0.3, 0.4) is 0 Å². The SMILES string of the molecule is CC(C)Oc1cc2nc([C@H]3CC[C@H](COCc4ccccc4)CC3)cn2cc1NC(=O)c1cccc(C(F)(F)F)n1. The predicted octanol–water partition coefficient (Wildman–Crippen LogP) is 7.28. The largest absolute Gasteiger partial charge is 0.489 e. The Balaban J connectivity index is 1.27. The number of carbonyl (C=O) groups excluding carboxylic acids is 1. The Hall–Kier alpha value is -3.92. The van der Waals surface area contributed by atoms with Gasteiger partial charge in [0, 0.05) is 31.0 Å². The first-order chi connectivity index (χ1) is 19.7. The van der Waals surface area contributed by atoms with E-state index in [-0.39, 0.29) is 11.8 Å². The number of carbonyl (C=O) groups is 1. The van der Waals surface area contributed by atoms with Crippen molar-refractivity contribution < 1.29 is 27.4 Å². The van der Waals surface area contributed by atoms with Gasteiger partial charge in [0.05, 0.1) is 18.4 Å². The number of rotatable bonds is 9. The molecule has 41 heavy (non-hydrogen) atoms. The van der Waals surface area contributed by atoms with Crippen LogP contribution in [-0.2, 0) is 17.5 Å². The van der Waals surface area contributed by atoms with E-state index in [4.69, 9.17) is 14.5 Å². The molecule has 7 nitrogen and oxygen atoms in total. The number of aromatic nitrogens is 3. The second kappa shape index (κ2) is 12.3. The first-order valence-corrected chi connectivity index (χ1v) is 13.8. The number of pyridine rings is 2. The van der Waals surface area contributed by atoms with Crippen molar-refractivity contribution >= 4 is 17.2 Å². The van der Waals surface area contributed by atoms with Gasteiger partial charge in [-0.3, -0.25) is 4.79 Å². The van der Waals surface area contributed by atoms with Gasteiger partial charge < -0.3 is 19.2 Å². The molecule has 0 unspecified atom stereocenters. The number of alkyl halides is 3. The number of anilines is 1. The second-order valence-electron chi connectivity index (χ2n) is 10.7. The van der Waals surface area contributed by atoms with Gasteiger partial charge in [0.2, 0.25) is 0 Å². The van der Waals surface area contributed by atoms with Crippen LogP contribution in [0.5, 0.6) is 5.75 Å². The fraction of sp³-hybridized carbons (Fsp3) is 0.387. The molecule has 1 saturated carbocycles. The lowest BCUT2D eigenvalue weighted by Gasteiger charge is -2.27. The van der Waals surface area contributed by atoms with Gasteiger partial charge in [-0.1, -0.05) is 36.4 Å². The highest BCUT2D eigenvalue weighted by atomic mass is 19.4. The minimum atomic E-state index is -4.65. The van der Waals surface area contributed by atoms with Crippen LogP contribution in [0.2, 0.25) is 0 Å². The Morgan fingerprint density at radius 1 is 1.02 bits per heavy atom. The summed E-state index contributed by atoms with van der Waals surface area (Å²) in [5, 5.41) is 2.67. The number of halogens is 3. The molecular formula is C31H33F3N4O3. The van der Waals surface area contributed by atoms with Gasteiger partial charge in [-0.15, -0.1) is 0 Å². The molecule has 1 N–H and O–H groups in total. The number of nitrogens with zero attached hydrogens (tertiary/aromatic N) is 3. The molecule has 0 bridgehead atoms. The lowest BCUT2D eigenvalue weighted by molar-refractivity contribution is -0.141. The maximum atomic E-state index is 13.1. The first kappa shape index (κ1) is 28.6. The lowest BCUT2D eigenvalue weighted by atomic mass is 9.81. The minimum Gasteiger partial charge on any atom is -0.489 e. The van der Waals surface area contributed by atoms with Crippen LogP contribution < -0.4 is 10.1 Å². The molecule has 0 atom stereocenters. The third-order valence-corrected chi connectivity index (χ3v) is 7.19. The van der Waals surface area contributed by atoms with Crippen LogP contribution in [-0.4, -0.2) is 33.0 Å². The molecule has 1 fully saturated rings. The molecule has 0 spiro atoms. The van der Waals surface area contributed by atoms with Gasteiger partial charge in [0.15, 0.2) is 0 Å². The van der Waals surface area contributed by atoms with Crippen LogP contribution in [0.4, 0.5) is 18.9 Å². The Morgan fingerprint density at radius 3 is 2.49 bits per heavy atom. The zero-order chi connectivity index (χ0) is 29.0. The monoisotopic (exact) mass is 566 g/mol. The average Bonchev–Trinajstić information content (AvgIpc) is 3.36. The molecule has 4 aromatic rings. The summed E-state index contributed by atoms with van der Waals surface area (Å²) >= 11 is 0. The molecule has 10 heteroatoms. The van der Waals surface area contributed by atoms with Gasteiger partial charge in [-0.2, -0.15) is 13.2 Å². The molecule has 1 aliphatic carbocycles. The highest BCUT2D eigenvalue weighted by Gasteiger charge is 2.33. The van der Waals surface area contributed by atoms with E-state index in [1.54, 1.807) is 12.3 Å². The van der Waals surface area contributed by atoms with E-state index < -0.39 is 17.8 Å². The summed E-state index contributed by atoms with van der Waals surface area (Å²) in [4.78, 5) is 21.2. The first-order valence-electron chi connectivity index (χ1n) is 13.8. The van der Waals surface area contributed by atoms with Crippen LogP contribution >= 0.6 is 0 Å². The molecular weight excluding hydrogens is 533 g/mol. The number of ether oxygens (including phenoxy) is 2. The molecule has 1 amide bonds. The van der Waals surface area contributed by atoms with E-state index in [2.05, 4.69) is 22.4 Å². The number of fused-ring (bicyclic) bond motifs is 1. The van der Waals surface area contributed by atoms with Gasteiger partial charge in [-0.25, -0.2) is 9.97 Å². The number of nitrogens with one attached hydrogen (secondary N) is 1. The van der Waals surface area contributed by atoms with Crippen molar-refractivity contribution in [3.63, 3.8) is 0 Å². The van der Waals surface area contributed by atoms with Crippen LogP contribution in [0.1, 0.15) is 72.9 Å². The van der Waals surface area contributed by atoms with E-state index in [0.717, 1.165) is 50.1 Å². The maximum Gasteiger partial charge on any atom is 0.433 e. The molecule has 216 valence electrons. The summed E-state index contributed by atoms with van der Waals surface area (Å²) in [6.45, 7) is 5.06. The standard InChI is InChI=1S/C31H33F3N4O3/c1-20(2)41-27-15-29-36-25(23-13-11-22(12-14-23)19-40-18-21-7-4-3-5-8-21)16-38(29)17-26(27)37-30(39)24-9-6-10-28(35-24)31(32,33)34/h3-10,15-17,20,22-23H,11-14,18-19H2,1-2H3,(H,37,39)/t22-,23-. The highest BCUT2D eigenvalue weighted by Crippen LogP contribution is 2.37. The van der Waals surface area contributed by atoms with Crippen molar-refractivity contribution in [1.82, 2.24) is 14.4 Å². The fourth-order valence-electron chi connectivity index (χ4n) is 5.13. The Bertz CT molecular complexity index is 1480. The van der Waals surface area contributed by atoms with Crippen LogP contribution in [0.25, 0.3) is 5.65 Å². The normalized spacial score (nSPS) is 17.6. The predicted molar refractivity (Wildman–Crippen MR) is 149 cm³/mol. The quantitative estimate of drug-likeness (QED) is 0.230. The number of benzene rings is 1. The van der Waals surface area contributed by atoms with E-state index in [0.29, 0.717) is 35.5 Å². The topological polar surface area (TPSA) is 77.8 Å². The minimum absolute atomic E-state index is 0.200. The lowest BCUT2D eigenvalue weighted by Crippen LogP contribution is -2.18. The van der Waals surface area contributed by atoms with E-state index in [9.17, 15) is 18.0 Å². The van der Waals surface area contributed by atoms with Gasteiger partial charge in [0.25, 0.3) is 5.91 Å². The third kappa shape index (κ3) is 7.24. The number of hydrogen-bond acceptors (Lipinski definition) is 5. The molecule has 0 radical (unpaired) electrons. The van der Waals surface area contributed by atoms with E-state index in [1.807, 2.05) is 42.6 Å². The van der Waals surface area contributed by atoms with Gasteiger partial charge >= 0.3 is 6.18 Å². The van der Waals surface area contributed by atoms with Crippen LogP contribution in [0, 0.1) is 5.92 Å². The summed E-state index contributed by atoms with van der Waals surface area (Å²) in [7, 11) is 0. The fourth-order valence-corrected chi connectivity index (χ4v) is 5.13. The molecule has 1 aromatic carbocycles. The maximum absolute atomic E-state index is 13.1. The number of amides is 1. The zero-order valence-corrected chi connectivity index (χ0v) is 23.0. The zero-order valence-electron chi connectivity index (χ0n) is 23.0. The summed E-state index contributed by atoms with van der Waals surface area (Å²) in [5.74, 6) is 0.438. The Kier molecular flexibility index (Phi) is 8.58. The van der Waals surface area contributed by atoms with Gasteiger partial charge in [-0.05, 0) is 63.1 Å². The van der Waals surface area contributed by atoms with Crippen molar-refractivity contribution in [2.75, 3.05) is 11.9 Å². The van der Waals surface area contributed by atoms with Crippen molar-refractivity contribution in [3.8, 4) is 5.75 Å². The molecule has 3 aromatic heterocycles. The molecule has 3 heterocycles. The third-order valence-electron chi connectivity index (χ3n) is 7.19. The second-order valence-corrected chi connectivity index (χ2v) is 10.7. The van der Waals surface area contributed by atoms with Crippen molar-refractivity contribution in [1.29, 1.82) is 0 Å². The Labute approximate surface area is 236 Å². The highest BCUT2D eigenvalue weighted by molar-refractivity contribution is 6.03. The van der Waals surface area contributed by atoms with Crippen molar-refractivity contribution in [2.24, 2.45) is 5.92 Å².